The molecule has 0 bridgehead atoms. The number of carbonyl (C=O) groups excluding carboxylic acids is 2. The van der Waals surface area contributed by atoms with E-state index in [4.69, 9.17) is 23.2 Å². The number of halogens is 2. The number of carbonyl (C=O) groups is 2. The van der Waals surface area contributed by atoms with E-state index >= 15 is 0 Å². The van der Waals surface area contributed by atoms with Gasteiger partial charge >= 0.3 is 0 Å². The Bertz CT molecular complexity index is 904. The van der Waals surface area contributed by atoms with E-state index in [1.54, 1.807) is 19.1 Å². The van der Waals surface area contributed by atoms with Gasteiger partial charge in [0.15, 0.2) is 0 Å². The zero-order valence-corrected chi connectivity index (χ0v) is 19.1. The average Bonchev–Trinajstić information content (AvgIpc) is 2.98. The van der Waals surface area contributed by atoms with Crippen molar-refractivity contribution in [3.63, 3.8) is 0 Å². The second kappa shape index (κ2) is 9.82. The lowest BCUT2D eigenvalue weighted by atomic mass is 10.2. The van der Waals surface area contributed by atoms with Gasteiger partial charge in [-0.3, -0.25) is 14.6 Å². The highest BCUT2D eigenvalue weighted by Crippen LogP contribution is 2.24. The Hall–Kier alpha value is -1.39. The summed E-state index contributed by atoms with van der Waals surface area (Å²) in [7, 11) is -3.64. The van der Waals surface area contributed by atoms with Crippen LogP contribution in [0.15, 0.2) is 23.1 Å². The molecule has 0 aromatic heterocycles. The number of hydrogen-bond donors (Lipinski definition) is 2. The van der Waals surface area contributed by atoms with Gasteiger partial charge in [0.1, 0.15) is 11.9 Å². The molecule has 0 radical (unpaired) electrons. The molecule has 2 aliphatic heterocycles. The van der Waals surface area contributed by atoms with Gasteiger partial charge in [0.2, 0.25) is 15.9 Å². The maximum atomic E-state index is 13.1. The summed E-state index contributed by atoms with van der Waals surface area (Å²) in [5.41, 5.74) is 3.83. The number of hydrogen-bond acceptors (Lipinski definition) is 5. The highest BCUT2D eigenvalue weighted by Gasteiger charge is 2.35. The first-order valence-corrected chi connectivity index (χ1v) is 12.2. The van der Waals surface area contributed by atoms with Crippen LogP contribution in [0.25, 0.3) is 0 Å². The van der Waals surface area contributed by atoms with Crippen molar-refractivity contribution in [2.75, 3.05) is 31.5 Å². The van der Waals surface area contributed by atoms with E-state index in [-0.39, 0.29) is 18.0 Å². The number of benzene rings is 1. The molecule has 0 saturated carbocycles. The third-order valence-corrected chi connectivity index (χ3v) is 8.04. The van der Waals surface area contributed by atoms with Gasteiger partial charge in [-0.15, -0.1) is 23.2 Å². The molecule has 1 aromatic rings. The molecule has 2 fully saturated rings. The second-order valence-corrected chi connectivity index (χ2v) is 10.6. The summed E-state index contributed by atoms with van der Waals surface area (Å²) in [5, 5.41) is 2.33. The fraction of sp³-hybridized carbons (Fsp3) is 0.579. The predicted molar refractivity (Wildman–Crippen MR) is 116 cm³/mol. The SMILES string of the molecule is Cc1cc(NC(=O)CN2NCC(Cl)C(Cl)C2=O)cc(S(=O)(=O)N2CCCCCC2)c1. The summed E-state index contributed by atoms with van der Waals surface area (Å²) in [6.45, 7) is 2.76. The number of sulfonamides is 1. The lowest BCUT2D eigenvalue weighted by Gasteiger charge is -2.32. The maximum Gasteiger partial charge on any atom is 0.256 e. The quantitative estimate of drug-likeness (QED) is 0.633. The molecule has 2 amide bonds. The van der Waals surface area contributed by atoms with Crippen LogP contribution in [0.2, 0.25) is 0 Å². The predicted octanol–water partition coefficient (Wildman–Crippen LogP) is 2.06. The number of anilines is 1. The Morgan fingerprint density at radius 3 is 2.50 bits per heavy atom. The number of nitrogens with zero attached hydrogens (tertiary/aromatic N) is 2. The molecule has 1 aromatic carbocycles. The molecule has 8 nitrogen and oxygen atoms in total. The first-order chi connectivity index (χ1) is 14.2. The summed E-state index contributed by atoms with van der Waals surface area (Å²) < 4.78 is 27.7. The van der Waals surface area contributed by atoms with Crippen molar-refractivity contribution in [3.05, 3.63) is 23.8 Å². The Morgan fingerprint density at radius 2 is 1.83 bits per heavy atom. The number of nitrogens with one attached hydrogen (secondary N) is 2. The van der Waals surface area contributed by atoms with Crippen molar-refractivity contribution in [2.45, 2.75) is 48.3 Å². The topological polar surface area (TPSA) is 98.8 Å². The molecule has 2 unspecified atom stereocenters. The molecule has 2 aliphatic rings. The fourth-order valence-corrected chi connectivity index (χ4v) is 5.59. The number of hydrazine groups is 1. The minimum Gasteiger partial charge on any atom is -0.324 e. The summed E-state index contributed by atoms with van der Waals surface area (Å²) >= 11 is 11.9. The van der Waals surface area contributed by atoms with Crippen LogP contribution in [0, 0.1) is 6.92 Å². The van der Waals surface area contributed by atoms with E-state index in [2.05, 4.69) is 10.7 Å². The van der Waals surface area contributed by atoms with Crippen LogP contribution >= 0.6 is 23.2 Å². The van der Waals surface area contributed by atoms with Gasteiger partial charge in [0.05, 0.1) is 10.3 Å². The smallest absolute Gasteiger partial charge is 0.256 e. The van der Waals surface area contributed by atoms with Gasteiger partial charge in [-0.25, -0.2) is 13.8 Å². The van der Waals surface area contributed by atoms with Crippen LogP contribution in [0.1, 0.15) is 31.2 Å². The van der Waals surface area contributed by atoms with Gasteiger partial charge in [-0.1, -0.05) is 12.8 Å². The fourth-order valence-electron chi connectivity index (χ4n) is 3.56. The van der Waals surface area contributed by atoms with Gasteiger partial charge in [-0.2, -0.15) is 4.31 Å². The highest BCUT2D eigenvalue weighted by molar-refractivity contribution is 7.89. The number of amides is 2. The molecule has 30 heavy (non-hydrogen) atoms. The monoisotopic (exact) mass is 476 g/mol. The third-order valence-electron chi connectivity index (χ3n) is 5.14. The van der Waals surface area contributed by atoms with E-state index in [0.717, 1.165) is 30.7 Å². The normalized spacial score (nSPS) is 23.8. The number of rotatable bonds is 5. The molecule has 3 rings (SSSR count). The highest BCUT2D eigenvalue weighted by atomic mass is 35.5. The van der Waals surface area contributed by atoms with Gasteiger partial charge in [0.25, 0.3) is 5.91 Å². The molecule has 166 valence electrons. The average molecular weight is 477 g/mol. The van der Waals surface area contributed by atoms with Crippen LogP contribution in [0.5, 0.6) is 0 Å². The van der Waals surface area contributed by atoms with Crippen LogP contribution in [-0.4, -0.2) is 66.5 Å². The Kier molecular flexibility index (Phi) is 7.62. The maximum absolute atomic E-state index is 13.1. The summed E-state index contributed by atoms with van der Waals surface area (Å²) in [5.74, 6) is -0.955. The van der Waals surface area contributed by atoms with Crippen LogP contribution in [-0.2, 0) is 19.6 Å². The Balaban J connectivity index is 1.72. The lowest BCUT2D eigenvalue weighted by Crippen LogP contribution is -2.58. The molecular weight excluding hydrogens is 451 g/mol. The van der Waals surface area contributed by atoms with Crippen LogP contribution < -0.4 is 10.7 Å². The standard InChI is InChI=1S/C19H26Cl2N4O4S/c1-13-8-14(23-17(26)12-25-19(27)18(21)16(20)11-22-25)10-15(9-13)30(28,29)24-6-4-2-3-5-7-24/h8-10,16,18,22H,2-7,11-12H2,1H3,(H,23,26). The van der Waals surface area contributed by atoms with Crippen molar-refractivity contribution in [2.24, 2.45) is 0 Å². The van der Waals surface area contributed by atoms with Gasteiger partial charge < -0.3 is 5.32 Å². The first-order valence-electron chi connectivity index (χ1n) is 9.93. The number of aryl methyl sites for hydroxylation is 1. The van der Waals surface area contributed by atoms with Crippen molar-refractivity contribution in [1.29, 1.82) is 0 Å². The molecule has 0 spiro atoms. The van der Waals surface area contributed by atoms with Crippen LogP contribution in [0.3, 0.4) is 0 Å². The number of alkyl halides is 2. The Morgan fingerprint density at radius 1 is 1.17 bits per heavy atom. The molecule has 2 heterocycles. The van der Waals surface area contributed by atoms with E-state index in [1.165, 1.54) is 10.4 Å². The molecule has 2 saturated heterocycles. The van der Waals surface area contributed by atoms with Crippen LogP contribution in [0.4, 0.5) is 5.69 Å². The van der Waals surface area contributed by atoms with E-state index in [0.29, 0.717) is 24.3 Å². The minimum absolute atomic E-state index is 0.151. The molecular formula is C19H26Cl2N4O4S. The van der Waals surface area contributed by atoms with Crippen molar-refractivity contribution in [3.8, 4) is 0 Å². The largest absolute Gasteiger partial charge is 0.324 e. The molecule has 0 aliphatic carbocycles. The summed E-state index contributed by atoms with van der Waals surface area (Å²) in [4.78, 5) is 24.8. The lowest BCUT2D eigenvalue weighted by molar-refractivity contribution is -0.139. The molecule has 2 atom stereocenters. The minimum atomic E-state index is -3.64. The summed E-state index contributed by atoms with van der Waals surface area (Å²) in [6, 6.07) is 4.74. The zero-order chi connectivity index (χ0) is 21.9. The Labute approximate surface area is 186 Å². The van der Waals surface area contributed by atoms with Crippen molar-refractivity contribution >= 4 is 50.7 Å². The van der Waals surface area contributed by atoms with Crippen molar-refractivity contribution in [1.82, 2.24) is 14.7 Å². The van der Waals surface area contributed by atoms with E-state index in [9.17, 15) is 18.0 Å². The van der Waals surface area contributed by atoms with E-state index < -0.39 is 32.6 Å². The molecule has 11 heteroatoms. The van der Waals surface area contributed by atoms with Gasteiger partial charge in [0, 0.05) is 25.3 Å². The second-order valence-electron chi connectivity index (χ2n) is 7.61. The van der Waals surface area contributed by atoms with Crippen molar-refractivity contribution < 1.29 is 18.0 Å². The first kappa shape index (κ1) is 23.3. The molecule has 2 N–H and O–H groups in total. The summed E-state index contributed by atoms with van der Waals surface area (Å²) in [6.07, 6.45) is 3.74. The van der Waals surface area contributed by atoms with E-state index in [1.807, 2.05) is 0 Å². The van der Waals surface area contributed by atoms with Gasteiger partial charge in [-0.05, 0) is 43.5 Å². The third kappa shape index (κ3) is 5.45. The zero-order valence-electron chi connectivity index (χ0n) is 16.7.